The van der Waals surface area contributed by atoms with E-state index in [2.05, 4.69) is 41.2 Å². The second-order valence-corrected chi connectivity index (χ2v) is 6.63. The van der Waals surface area contributed by atoms with E-state index in [1.54, 1.807) is 5.57 Å². The van der Waals surface area contributed by atoms with Crippen LogP contribution >= 0.6 is 0 Å². The maximum atomic E-state index is 4.29. The van der Waals surface area contributed by atoms with E-state index in [0.29, 0.717) is 0 Å². The van der Waals surface area contributed by atoms with Gasteiger partial charge in [0.1, 0.15) is 0 Å². The Labute approximate surface area is 115 Å². The van der Waals surface area contributed by atoms with Gasteiger partial charge in [0.05, 0.1) is 0 Å². The van der Waals surface area contributed by atoms with Gasteiger partial charge in [-0.05, 0) is 48.9 Å². The minimum Gasteiger partial charge on any atom is -0.0996 e. The van der Waals surface area contributed by atoms with E-state index in [-0.39, 0.29) is 0 Å². The monoisotopic (exact) mass is 250 g/mol. The summed E-state index contributed by atoms with van der Waals surface area (Å²) in [6.45, 7) is 16.3. The standard InChI is InChI=1S/C18H34/c1-7-13(4)15(6)18(12-16(8-2)9-3)17-11-10-14(17)5/h13,15-18H,5,7-12H2,1-4,6H3. The van der Waals surface area contributed by atoms with Crippen LogP contribution in [0, 0.1) is 29.6 Å². The summed E-state index contributed by atoms with van der Waals surface area (Å²) in [6, 6.07) is 0. The predicted molar refractivity (Wildman–Crippen MR) is 82.7 cm³/mol. The smallest absolute Gasteiger partial charge is 0.0172 e. The van der Waals surface area contributed by atoms with Crippen molar-refractivity contribution >= 4 is 0 Å². The highest BCUT2D eigenvalue weighted by atomic mass is 14.4. The average molecular weight is 250 g/mol. The first-order chi connectivity index (χ1) is 8.54. The van der Waals surface area contributed by atoms with Crippen molar-refractivity contribution in [3.05, 3.63) is 12.2 Å². The van der Waals surface area contributed by atoms with E-state index in [9.17, 15) is 0 Å². The first-order valence-corrected chi connectivity index (χ1v) is 8.22. The number of hydrogen-bond acceptors (Lipinski definition) is 0. The molecule has 106 valence electrons. The first-order valence-electron chi connectivity index (χ1n) is 8.22. The molecule has 0 heterocycles. The van der Waals surface area contributed by atoms with E-state index in [0.717, 1.165) is 29.6 Å². The third-order valence-electron chi connectivity index (χ3n) is 5.79. The Morgan fingerprint density at radius 3 is 2.06 bits per heavy atom. The molecule has 1 aliphatic carbocycles. The normalized spacial score (nSPS) is 24.8. The summed E-state index contributed by atoms with van der Waals surface area (Å²) in [6.07, 6.45) is 8.14. The Morgan fingerprint density at radius 1 is 1.11 bits per heavy atom. The Kier molecular flexibility index (Phi) is 6.46. The first kappa shape index (κ1) is 15.8. The Morgan fingerprint density at radius 2 is 1.72 bits per heavy atom. The molecule has 0 aromatic heterocycles. The second-order valence-electron chi connectivity index (χ2n) is 6.63. The fraction of sp³-hybridized carbons (Fsp3) is 0.889. The van der Waals surface area contributed by atoms with Crippen LogP contribution in [0.5, 0.6) is 0 Å². The number of rotatable bonds is 8. The quantitative estimate of drug-likeness (QED) is 0.458. The van der Waals surface area contributed by atoms with E-state index in [1.807, 2.05) is 0 Å². The lowest BCUT2D eigenvalue weighted by Crippen LogP contribution is -2.33. The van der Waals surface area contributed by atoms with Crippen LogP contribution in [0.1, 0.15) is 73.1 Å². The third-order valence-corrected chi connectivity index (χ3v) is 5.79. The van der Waals surface area contributed by atoms with Gasteiger partial charge in [-0.1, -0.05) is 66.0 Å². The minimum absolute atomic E-state index is 0.842. The van der Waals surface area contributed by atoms with Crippen molar-refractivity contribution < 1.29 is 0 Å². The molecule has 0 saturated heterocycles. The van der Waals surface area contributed by atoms with Crippen LogP contribution in [0.25, 0.3) is 0 Å². The van der Waals surface area contributed by atoms with E-state index in [1.165, 1.54) is 38.5 Å². The van der Waals surface area contributed by atoms with Gasteiger partial charge in [0.15, 0.2) is 0 Å². The molecule has 1 aliphatic rings. The van der Waals surface area contributed by atoms with Gasteiger partial charge in [-0.15, -0.1) is 0 Å². The van der Waals surface area contributed by atoms with Gasteiger partial charge >= 0.3 is 0 Å². The van der Waals surface area contributed by atoms with Gasteiger partial charge in [0, 0.05) is 0 Å². The van der Waals surface area contributed by atoms with Crippen LogP contribution in [0.2, 0.25) is 0 Å². The molecule has 1 rings (SSSR count). The highest BCUT2D eigenvalue weighted by molar-refractivity contribution is 5.12. The SMILES string of the molecule is C=C1CCC1C(CC(CC)CC)C(C)C(C)CC. The average Bonchev–Trinajstić information content (AvgIpc) is 2.39. The molecule has 0 aliphatic heterocycles. The Hall–Kier alpha value is -0.260. The van der Waals surface area contributed by atoms with Crippen LogP contribution in [0.3, 0.4) is 0 Å². The molecule has 4 unspecified atom stereocenters. The summed E-state index contributed by atoms with van der Waals surface area (Å²) in [5, 5.41) is 0. The second kappa shape index (κ2) is 7.36. The Bertz CT molecular complexity index is 249. The van der Waals surface area contributed by atoms with Gasteiger partial charge in [-0.3, -0.25) is 0 Å². The van der Waals surface area contributed by atoms with E-state index in [4.69, 9.17) is 0 Å². The molecule has 1 saturated carbocycles. The zero-order valence-corrected chi connectivity index (χ0v) is 13.3. The van der Waals surface area contributed by atoms with Gasteiger partial charge in [0.25, 0.3) is 0 Å². The Balaban J connectivity index is 2.71. The highest BCUT2D eigenvalue weighted by Gasteiger charge is 2.36. The van der Waals surface area contributed by atoms with Crippen LogP contribution in [0.4, 0.5) is 0 Å². The molecular formula is C18H34. The molecule has 1 fully saturated rings. The van der Waals surface area contributed by atoms with Crippen molar-refractivity contribution in [3.63, 3.8) is 0 Å². The summed E-state index contributed by atoms with van der Waals surface area (Å²) < 4.78 is 0. The van der Waals surface area contributed by atoms with Gasteiger partial charge < -0.3 is 0 Å². The lowest BCUT2D eigenvalue weighted by atomic mass is 9.63. The maximum Gasteiger partial charge on any atom is -0.0172 e. The van der Waals surface area contributed by atoms with E-state index >= 15 is 0 Å². The highest BCUT2D eigenvalue weighted by Crippen LogP contribution is 2.46. The summed E-state index contributed by atoms with van der Waals surface area (Å²) in [4.78, 5) is 0. The van der Waals surface area contributed by atoms with Crippen LogP contribution in [-0.4, -0.2) is 0 Å². The zero-order chi connectivity index (χ0) is 13.7. The fourth-order valence-corrected chi connectivity index (χ4v) is 3.58. The van der Waals surface area contributed by atoms with Crippen LogP contribution < -0.4 is 0 Å². The molecule has 0 radical (unpaired) electrons. The molecular weight excluding hydrogens is 216 g/mol. The predicted octanol–water partition coefficient (Wildman–Crippen LogP) is 6.08. The van der Waals surface area contributed by atoms with Gasteiger partial charge in [0.2, 0.25) is 0 Å². The summed E-state index contributed by atoms with van der Waals surface area (Å²) in [5.74, 6) is 4.38. The van der Waals surface area contributed by atoms with Crippen molar-refractivity contribution in [2.45, 2.75) is 73.1 Å². The number of allylic oxidation sites excluding steroid dienone is 1. The topological polar surface area (TPSA) is 0 Å². The van der Waals surface area contributed by atoms with Crippen LogP contribution in [-0.2, 0) is 0 Å². The van der Waals surface area contributed by atoms with Crippen molar-refractivity contribution in [2.24, 2.45) is 29.6 Å². The molecule has 0 nitrogen and oxygen atoms in total. The summed E-state index contributed by atoms with van der Waals surface area (Å²) in [7, 11) is 0. The molecule has 0 N–H and O–H groups in total. The zero-order valence-electron chi connectivity index (χ0n) is 13.3. The molecule has 0 aromatic carbocycles. The van der Waals surface area contributed by atoms with Crippen molar-refractivity contribution in [3.8, 4) is 0 Å². The molecule has 18 heavy (non-hydrogen) atoms. The summed E-state index contributed by atoms with van der Waals surface area (Å²) in [5.41, 5.74) is 1.54. The molecule has 0 bridgehead atoms. The third kappa shape index (κ3) is 3.62. The number of hydrogen-bond donors (Lipinski definition) is 0. The van der Waals surface area contributed by atoms with E-state index < -0.39 is 0 Å². The van der Waals surface area contributed by atoms with Crippen LogP contribution in [0.15, 0.2) is 12.2 Å². The van der Waals surface area contributed by atoms with Gasteiger partial charge in [-0.25, -0.2) is 0 Å². The lowest BCUT2D eigenvalue weighted by Gasteiger charge is -2.42. The summed E-state index contributed by atoms with van der Waals surface area (Å²) >= 11 is 0. The molecule has 0 heteroatoms. The van der Waals surface area contributed by atoms with Crippen molar-refractivity contribution in [1.82, 2.24) is 0 Å². The van der Waals surface area contributed by atoms with Crippen molar-refractivity contribution in [2.75, 3.05) is 0 Å². The minimum atomic E-state index is 0.842. The van der Waals surface area contributed by atoms with Crippen molar-refractivity contribution in [1.29, 1.82) is 0 Å². The molecule has 0 spiro atoms. The molecule has 0 aromatic rings. The maximum absolute atomic E-state index is 4.29. The van der Waals surface area contributed by atoms with Gasteiger partial charge in [-0.2, -0.15) is 0 Å². The molecule has 4 atom stereocenters. The molecule has 0 amide bonds. The largest absolute Gasteiger partial charge is 0.0996 e. The lowest BCUT2D eigenvalue weighted by molar-refractivity contribution is 0.132. The fourth-order valence-electron chi connectivity index (χ4n) is 3.58.